The molecule has 0 saturated heterocycles. The number of imidazole rings is 1. The average molecular weight is 219 g/mol. The van der Waals surface area contributed by atoms with E-state index >= 15 is 0 Å². The van der Waals surface area contributed by atoms with Gasteiger partial charge in [0.15, 0.2) is 0 Å². The SMILES string of the molecule is Cc1cccc2nc(N)n(C(C)(C)CO)c12. The number of aliphatic hydroxyl groups excluding tert-OH is 1. The molecule has 0 aliphatic carbocycles. The van der Waals surface area contributed by atoms with E-state index in [4.69, 9.17) is 5.73 Å². The summed E-state index contributed by atoms with van der Waals surface area (Å²) < 4.78 is 1.90. The Labute approximate surface area is 94.7 Å². The monoisotopic (exact) mass is 219 g/mol. The Balaban J connectivity index is 2.83. The number of nitrogens with two attached hydrogens (primary N) is 1. The number of rotatable bonds is 2. The number of hydrogen-bond acceptors (Lipinski definition) is 3. The number of para-hydroxylation sites is 1. The summed E-state index contributed by atoms with van der Waals surface area (Å²) >= 11 is 0. The Hall–Kier alpha value is -1.55. The Bertz CT molecular complexity index is 528. The number of aryl methyl sites for hydroxylation is 1. The van der Waals surface area contributed by atoms with E-state index in [-0.39, 0.29) is 6.61 Å². The topological polar surface area (TPSA) is 64.1 Å². The van der Waals surface area contributed by atoms with Crippen molar-refractivity contribution in [2.45, 2.75) is 26.3 Å². The molecule has 0 saturated carbocycles. The fourth-order valence-electron chi connectivity index (χ4n) is 2.00. The second-order valence-electron chi connectivity index (χ2n) is 4.72. The molecular formula is C12H17N3O. The van der Waals surface area contributed by atoms with E-state index in [0.29, 0.717) is 5.95 Å². The Morgan fingerprint density at radius 2 is 2.12 bits per heavy atom. The van der Waals surface area contributed by atoms with Gasteiger partial charge in [-0.2, -0.15) is 0 Å². The van der Waals surface area contributed by atoms with Crippen LogP contribution in [0, 0.1) is 6.92 Å². The molecule has 4 nitrogen and oxygen atoms in total. The standard InChI is InChI=1S/C12H17N3O/c1-8-5-4-6-9-10(8)15(11(13)14-9)12(2,3)7-16/h4-6,16H,7H2,1-3H3,(H2,13,14). The van der Waals surface area contributed by atoms with Crippen LogP contribution in [-0.4, -0.2) is 21.3 Å². The Kier molecular flexibility index (Phi) is 2.39. The van der Waals surface area contributed by atoms with Crippen LogP contribution in [-0.2, 0) is 5.54 Å². The van der Waals surface area contributed by atoms with Crippen molar-refractivity contribution in [3.8, 4) is 0 Å². The third kappa shape index (κ3) is 1.46. The predicted octanol–water partition coefficient (Wildman–Crippen LogP) is 1.65. The fourth-order valence-corrected chi connectivity index (χ4v) is 2.00. The molecular weight excluding hydrogens is 202 g/mol. The Morgan fingerprint density at radius 3 is 2.75 bits per heavy atom. The third-order valence-corrected chi connectivity index (χ3v) is 2.90. The minimum absolute atomic E-state index is 0.0248. The molecule has 0 radical (unpaired) electrons. The molecule has 1 aromatic heterocycles. The summed E-state index contributed by atoms with van der Waals surface area (Å²) in [5.41, 5.74) is 8.47. The average Bonchev–Trinajstić information content (AvgIpc) is 2.56. The van der Waals surface area contributed by atoms with Crippen LogP contribution in [0.4, 0.5) is 5.95 Å². The molecule has 0 spiro atoms. The van der Waals surface area contributed by atoms with Crippen molar-refractivity contribution >= 4 is 17.0 Å². The van der Waals surface area contributed by atoms with Gasteiger partial charge in [0.25, 0.3) is 0 Å². The summed E-state index contributed by atoms with van der Waals surface area (Å²) in [6.07, 6.45) is 0. The van der Waals surface area contributed by atoms with Crippen LogP contribution < -0.4 is 5.73 Å². The van der Waals surface area contributed by atoms with Crippen molar-refractivity contribution < 1.29 is 5.11 Å². The minimum Gasteiger partial charge on any atom is -0.394 e. The van der Waals surface area contributed by atoms with Gasteiger partial charge >= 0.3 is 0 Å². The number of hydrogen-bond donors (Lipinski definition) is 2. The lowest BCUT2D eigenvalue weighted by Gasteiger charge is -2.26. The zero-order chi connectivity index (χ0) is 11.9. The van der Waals surface area contributed by atoms with Crippen molar-refractivity contribution in [2.75, 3.05) is 12.3 Å². The second-order valence-corrected chi connectivity index (χ2v) is 4.72. The lowest BCUT2D eigenvalue weighted by atomic mass is 10.1. The molecule has 4 heteroatoms. The van der Waals surface area contributed by atoms with Crippen molar-refractivity contribution in [1.29, 1.82) is 0 Å². The highest BCUT2D eigenvalue weighted by atomic mass is 16.3. The Morgan fingerprint density at radius 1 is 1.44 bits per heavy atom. The highest BCUT2D eigenvalue weighted by molar-refractivity contribution is 5.82. The number of nitrogen functional groups attached to an aromatic ring is 1. The van der Waals surface area contributed by atoms with Crippen LogP contribution in [0.1, 0.15) is 19.4 Å². The van der Waals surface area contributed by atoms with Gasteiger partial charge in [-0.3, -0.25) is 0 Å². The fraction of sp³-hybridized carbons (Fsp3) is 0.417. The van der Waals surface area contributed by atoms with Crippen LogP contribution >= 0.6 is 0 Å². The van der Waals surface area contributed by atoms with Crippen LogP contribution in [0.25, 0.3) is 11.0 Å². The highest BCUT2D eigenvalue weighted by Gasteiger charge is 2.24. The number of nitrogens with zero attached hydrogens (tertiary/aromatic N) is 2. The molecule has 1 heterocycles. The first-order valence-electron chi connectivity index (χ1n) is 5.32. The number of aromatic nitrogens is 2. The van der Waals surface area contributed by atoms with E-state index in [1.54, 1.807) is 0 Å². The van der Waals surface area contributed by atoms with E-state index in [9.17, 15) is 5.11 Å². The lowest BCUT2D eigenvalue weighted by molar-refractivity contribution is 0.169. The first kappa shape index (κ1) is 11.0. The highest BCUT2D eigenvalue weighted by Crippen LogP contribution is 2.28. The molecule has 0 fully saturated rings. The van der Waals surface area contributed by atoms with Gasteiger partial charge in [0, 0.05) is 0 Å². The van der Waals surface area contributed by atoms with Gasteiger partial charge < -0.3 is 15.4 Å². The van der Waals surface area contributed by atoms with Crippen LogP contribution in [0.3, 0.4) is 0 Å². The first-order chi connectivity index (χ1) is 7.47. The van der Waals surface area contributed by atoms with Crippen molar-refractivity contribution in [3.63, 3.8) is 0 Å². The zero-order valence-electron chi connectivity index (χ0n) is 9.86. The van der Waals surface area contributed by atoms with E-state index in [0.717, 1.165) is 16.6 Å². The van der Waals surface area contributed by atoms with Gasteiger partial charge in [0.1, 0.15) is 0 Å². The molecule has 0 unspecified atom stereocenters. The van der Waals surface area contributed by atoms with Crippen LogP contribution in [0.5, 0.6) is 0 Å². The van der Waals surface area contributed by atoms with E-state index < -0.39 is 5.54 Å². The minimum atomic E-state index is -0.440. The van der Waals surface area contributed by atoms with Crippen LogP contribution in [0.15, 0.2) is 18.2 Å². The molecule has 16 heavy (non-hydrogen) atoms. The maximum atomic E-state index is 9.44. The molecule has 3 N–H and O–H groups in total. The first-order valence-corrected chi connectivity index (χ1v) is 5.32. The molecule has 86 valence electrons. The summed E-state index contributed by atoms with van der Waals surface area (Å²) in [4.78, 5) is 4.32. The van der Waals surface area contributed by atoms with Gasteiger partial charge in [-0.1, -0.05) is 12.1 Å². The van der Waals surface area contributed by atoms with Crippen molar-refractivity contribution in [2.24, 2.45) is 0 Å². The molecule has 2 aromatic rings. The van der Waals surface area contributed by atoms with E-state index in [1.165, 1.54) is 0 Å². The lowest BCUT2D eigenvalue weighted by Crippen LogP contribution is -2.31. The summed E-state index contributed by atoms with van der Waals surface area (Å²) in [7, 11) is 0. The summed E-state index contributed by atoms with van der Waals surface area (Å²) in [5, 5.41) is 9.44. The normalized spacial score (nSPS) is 12.2. The number of fused-ring (bicyclic) bond motifs is 1. The van der Waals surface area contributed by atoms with Crippen molar-refractivity contribution in [3.05, 3.63) is 23.8 Å². The smallest absolute Gasteiger partial charge is 0.201 e. The van der Waals surface area contributed by atoms with E-state index in [2.05, 4.69) is 4.98 Å². The van der Waals surface area contributed by atoms with E-state index in [1.807, 2.05) is 43.5 Å². The number of anilines is 1. The molecule has 0 bridgehead atoms. The summed E-state index contributed by atoms with van der Waals surface area (Å²) in [6.45, 7) is 5.93. The largest absolute Gasteiger partial charge is 0.394 e. The summed E-state index contributed by atoms with van der Waals surface area (Å²) in [5.74, 6) is 0.448. The van der Waals surface area contributed by atoms with Gasteiger partial charge in [-0.05, 0) is 32.4 Å². The van der Waals surface area contributed by atoms with Gasteiger partial charge in [0.2, 0.25) is 5.95 Å². The number of aliphatic hydroxyl groups is 1. The third-order valence-electron chi connectivity index (χ3n) is 2.90. The molecule has 0 aliphatic rings. The molecule has 0 atom stereocenters. The molecule has 0 aliphatic heterocycles. The molecule has 1 aromatic carbocycles. The van der Waals surface area contributed by atoms with Crippen molar-refractivity contribution in [1.82, 2.24) is 9.55 Å². The zero-order valence-corrected chi connectivity index (χ0v) is 9.86. The maximum Gasteiger partial charge on any atom is 0.201 e. The predicted molar refractivity (Wildman–Crippen MR) is 65.3 cm³/mol. The molecule has 0 amide bonds. The second kappa shape index (κ2) is 3.49. The molecule has 2 rings (SSSR count). The van der Waals surface area contributed by atoms with Crippen LogP contribution in [0.2, 0.25) is 0 Å². The number of benzene rings is 1. The quantitative estimate of drug-likeness (QED) is 0.807. The summed E-state index contributed by atoms with van der Waals surface area (Å²) in [6, 6.07) is 5.91. The van der Waals surface area contributed by atoms with Gasteiger partial charge in [-0.15, -0.1) is 0 Å². The van der Waals surface area contributed by atoms with Gasteiger partial charge in [0.05, 0.1) is 23.2 Å². The maximum absolute atomic E-state index is 9.44. The van der Waals surface area contributed by atoms with Gasteiger partial charge in [-0.25, -0.2) is 4.98 Å².